The third-order valence-corrected chi connectivity index (χ3v) is 10.4. The molecule has 222 valence electrons. The molecule has 2 bridgehead atoms. The number of aryl methyl sites for hydroxylation is 1. The number of hydrogen-bond acceptors (Lipinski definition) is 6. The molecule has 0 aliphatic heterocycles. The van der Waals surface area contributed by atoms with Crippen molar-refractivity contribution < 1.29 is 27.6 Å². The number of esters is 1. The van der Waals surface area contributed by atoms with Crippen molar-refractivity contribution in [3.05, 3.63) is 136 Å². The molecule has 0 fully saturated rings. The number of rotatable bonds is 5. The van der Waals surface area contributed by atoms with Crippen LogP contribution in [0.15, 0.2) is 102 Å². The van der Waals surface area contributed by atoms with Crippen LogP contribution in [-0.4, -0.2) is 24.0 Å². The molecule has 0 aromatic heterocycles. The van der Waals surface area contributed by atoms with Crippen LogP contribution < -0.4 is 4.74 Å². The summed E-state index contributed by atoms with van der Waals surface area (Å²) in [5, 5.41) is 13.4. The average molecular weight is 604 g/mol. The summed E-state index contributed by atoms with van der Waals surface area (Å²) in [6, 6.07) is 30.4. The highest BCUT2D eigenvalue weighted by Gasteiger charge is 2.59. The Morgan fingerprint density at radius 3 is 1.98 bits per heavy atom. The van der Waals surface area contributed by atoms with E-state index in [-0.39, 0.29) is 33.8 Å². The fraction of sp³-hybridized carbons (Fsp3) is 0.216. The van der Waals surface area contributed by atoms with Crippen LogP contribution in [0.1, 0.15) is 77.0 Å². The van der Waals surface area contributed by atoms with Crippen LogP contribution >= 0.6 is 0 Å². The molecule has 1 N–H and O–H groups in total. The number of carbonyl (C=O) groups excluding carboxylic acids is 1. The maximum absolute atomic E-state index is 15.0. The number of phenolic OH excluding ortho intramolecular Hbond substituents is 1. The maximum Gasteiger partial charge on any atom is 0.323 e. The van der Waals surface area contributed by atoms with Gasteiger partial charge in [0.15, 0.2) is 0 Å². The Balaban J connectivity index is 1.48. The molecule has 6 nitrogen and oxygen atoms in total. The maximum atomic E-state index is 15.0. The monoisotopic (exact) mass is 603 g/mol. The van der Waals surface area contributed by atoms with Crippen LogP contribution in [0, 0.1) is 6.92 Å². The minimum atomic E-state index is -4.75. The van der Waals surface area contributed by atoms with E-state index < -0.39 is 27.4 Å². The minimum absolute atomic E-state index is 0.00977. The quantitative estimate of drug-likeness (QED) is 0.128. The summed E-state index contributed by atoms with van der Waals surface area (Å²) in [4.78, 5) is 14.7. The van der Waals surface area contributed by atoms with Gasteiger partial charge in [-0.1, -0.05) is 86.6 Å². The molecule has 0 saturated heterocycles. The first-order valence-corrected chi connectivity index (χ1v) is 16.1. The highest BCUT2D eigenvalue weighted by atomic mass is 32.2. The van der Waals surface area contributed by atoms with E-state index in [2.05, 4.69) is 24.3 Å². The van der Waals surface area contributed by atoms with Gasteiger partial charge < -0.3 is 14.4 Å². The molecule has 5 aromatic rings. The Labute approximate surface area is 256 Å². The largest absolute Gasteiger partial charge is 0.744 e. The zero-order chi connectivity index (χ0) is 31.0. The fourth-order valence-corrected chi connectivity index (χ4v) is 8.42. The fourth-order valence-electron chi connectivity index (χ4n) is 7.52. The predicted molar refractivity (Wildman–Crippen MR) is 167 cm³/mol. The molecule has 0 amide bonds. The highest BCUT2D eigenvalue weighted by molar-refractivity contribution is 7.85. The second-order valence-corrected chi connectivity index (χ2v) is 13.6. The van der Waals surface area contributed by atoms with E-state index in [9.17, 15) is 22.9 Å². The van der Waals surface area contributed by atoms with Crippen molar-refractivity contribution >= 4 is 26.9 Å². The van der Waals surface area contributed by atoms with Gasteiger partial charge in [0.1, 0.15) is 27.0 Å². The van der Waals surface area contributed by atoms with E-state index in [1.807, 2.05) is 54.6 Å². The number of benzene rings is 5. The molecule has 44 heavy (non-hydrogen) atoms. The minimum Gasteiger partial charge on any atom is -0.744 e. The number of hydrogen-bond donors (Lipinski definition) is 1. The summed E-state index contributed by atoms with van der Waals surface area (Å²) in [7, 11) is -4.75. The Morgan fingerprint density at radius 1 is 0.864 bits per heavy atom. The number of fused-ring (bicyclic) bond motifs is 2. The second kappa shape index (κ2) is 10.0. The summed E-state index contributed by atoms with van der Waals surface area (Å²) in [5.74, 6) is -1.23. The van der Waals surface area contributed by atoms with Gasteiger partial charge in [-0.25, -0.2) is 8.42 Å². The summed E-state index contributed by atoms with van der Waals surface area (Å²) in [5.41, 5.74) is 4.16. The van der Waals surface area contributed by atoms with E-state index in [1.54, 1.807) is 26.8 Å². The summed E-state index contributed by atoms with van der Waals surface area (Å²) in [6.45, 7) is 5.19. The first kappa shape index (κ1) is 28.3. The van der Waals surface area contributed by atoms with E-state index in [1.165, 1.54) is 12.1 Å². The van der Waals surface area contributed by atoms with Crippen molar-refractivity contribution in [2.45, 2.75) is 55.3 Å². The Hall–Kier alpha value is -4.46. The number of ether oxygens (including phenoxy) is 1. The second-order valence-electron chi connectivity index (χ2n) is 12.3. The SMILES string of the molecule is Cc1cc(S(=O)(=O)[O-])c(C(C)C)cc1OC(=O)C1(c2cc3ccccc3cc2O)CC2c3ccccc3C1c1ccccc12. The third kappa shape index (κ3) is 4.18. The third-order valence-electron chi connectivity index (χ3n) is 9.49. The molecule has 0 saturated carbocycles. The summed E-state index contributed by atoms with van der Waals surface area (Å²) in [6.07, 6.45) is 0.375. The standard InChI is InChI=1S/C37H32O6S/c1-21(2)29-19-33(22(3)16-34(29)44(40,41)42)43-36(39)37(31-17-23-10-4-5-11-24(23)18-32(31)38)20-30-25-12-6-8-14-27(25)35(37)28-15-9-7-13-26(28)30/h4-19,21,30,35,38H,20H2,1-3H3,(H,40,41,42)/p-1. The lowest BCUT2D eigenvalue weighted by Gasteiger charge is -2.52. The predicted octanol–water partition coefficient (Wildman–Crippen LogP) is 7.41. The lowest BCUT2D eigenvalue weighted by atomic mass is 9.50. The van der Waals surface area contributed by atoms with Crippen LogP contribution in [0.25, 0.3) is 10.8 Å². The van der Waals surface area contributed by atoms with Crippen molar-refractivity contribution in [1.29, 1.82) is 0 Å². The van der Waals surface area contributed by atoms with E-state index in [0.717, 1.165) is 33.0 Å². The normalized spacial score (nSPS) is 20.4. The first-order valence-electron chi connectivity index (χ1n) is 14.7. The molecular formula is C37H31O6S-. The number of phenols is 1. The zero-order valence-electron chi connectivity index (χ0n) is 24.6. The Kier molecular flexibility index (Phi) is 6.46. The van der Waals surface area contributed by atoms with Gasteiger partial charge in [-0.3, -0.25) is 4.79 Å². The molecule has 3 aliphatic carbocycles. The molecule has 0 spiro atoms. The van der Waals surface area contributed by atoms with E-state index in [0.29, 0.717) is 17.5 Å². The van der Waals surface area contributed by atoms with Gasteiger partial charge >= 0.3 is 5.97 Å². The highest BCUT2D eigenvalue weighted by Crippen LogP contribution is 2.63. The van der Waals surface area contributed by atoms with Crippen molar-refractivity contribution in [2.75, 3.05) is 0 Å². The Bertz CT molecular complexity index is 2050. The summed E-state index contributed by atoms with van der Waals surface area (Å²) >= 11 is 0. The molecular weight excluding hydrogens is 572 g/mol. The summed E-state index contributed by atoms with van der Waals surface area (Å²) < 4.78 is 42.6. The van der Waals surface area contributed by atoms with Crippen molar-refractivity contribution in [3.8, 4) is 11.5 Å². The van der Waals surface area contributed by atoms with E-state index >= 15 is 0 Å². The van der Waals surface area contributed by atoms with Gasteiger partial charge in [0.2, 0.25) is 0 Å². The van der Waals surface area contributed by atoms with E-state index in [4.69, 9.17) is 4.74 Å². The molecule has 5 aromatic carbocycles. The van der Waals surface area contributed by atoms with Crippen LogP contribution in [0.4, 0.5) is 0 Å². The van der Waals surface area contributed by atoms with Gasteiger partial charge in [0.25, 0.3) is 0 Å². The molecule has 1 unspecified atom stereocenters. The van der Waals surface area contributed by atoms with Crippen molar-refractivity contribution in [2.24, 2.45) is 0 Å². The molecule has 7 heteroatoms. The molecule has 8 rings (SSSR count). The average Bonchev–Trinajstić information content (AvgIpc) is 3.00. The van der Waals surface area contributed by atoms with Crippen LogP contribution in [0.5, 0.6) is 11.5 Å². The van der Waals surface area contributed by atoms with Gasteiger partial charge in [-0.2, -0.15) is 0 Å². The van der Waals surface area contributed by atoms with Crippen molar-refractivity contribution in [1.82, 2.24) is 0 Å². The van der Waals surface area contributed by atoms with Gasteiger partial charge in [-0.05, 0) is 87.7 Å². The van der Waals surface area contributed by atoms with Gasteiger partial charge in [-0.15, -0.1) is 0 Å². The molecule has 3 aliphatic rings. The molecule has 0 heterocycles. The van der Waals surface area contributed by atoms with Gasteiger partial charge in [0, 0.05) is 17.4 Å². The lowest BCUT2D eigenvalue weighted by Crippen LogP contribution is -2.51. The topological polar surface area (TPSA) is 104 Å². The number of carbonyl (C=O) groups is 1. The van der Waals surface area contributed by atoms with Crippen molar-refractivity contribution in [3.63, 3.8) is 0 Å². The van der Waals surface area contributed by atoms with Gasteiger partial charge in [0.05, 0.1) is 4.90 Å². The first-order chi connectivity index (χ1) is 21.0. The lowest BCUT2D eigenvalue weighted by molar-refractivity contribution is -0.143. The molecule has 1 atom stereocenters. The zero-order valence-corrected chi connectivity index (χ0v) is 25.4. The van der Waals surface area contributed by atoms with Crippen LogP contribution in [-0.2, 0) is 20.3 Å². The van der Waals surface area contributed by atoms with Crippen LogP contribution in [0.2, 0.25) is 0 Å². The Morgan fingerprint density at radius 2 is 1.41 bits per heavy atom. The smallest absolute Gasteiger partial charge is 0.323 e. The number of aromatic hydroxyl groups is 1. The van der Waals surface area contributed by atoms with Crippen LogP contribution in [0.3, 0.4) is 0 Å². The molecule has 0 radical (unpaired) electrons.